The Morgan fingerprint density at radius 3 is 2.52 bits per heavy atom. The molecule has 3 aromatic rings. The van der Waals surface area contributed by atoms with Gasteiger partial charge in [0.25, 0.3) is 0 Å². The predicted octanol–water partition coefficient (Wildman–Crippen LogP) is 4.78. The summed E-state index contributed by atoms with van der Waals surface area (Å²) >= 11 is 12.3. The molecule has 0 aliphatic carbocycles. The lowest BCUT2D eigenvalue weighted by atomic mass is 9.99. The molecule has 0 unspecified atom stereocenters. The Morgan fingerprint density at radius 2 is 1.87 bits per heavy atom. The Bertz CT molecular complexity index is 1140. The molecule has 0 saturated heterocycles. The Balaban J connectivity index is 1.86. The number of nitrogens with two attached hydrogens (primary N) is 1. The number of fused-ring (bicyclic) bond motifs is 1. The van der Waals surface area contributed by atoms with Gasteiger partial charge < -0.3 is 20.5 Å². The Hall–Kier alpha value is -2.61. The summed E-state index contributed by atoms with van der Waals surface area (Å²) in [5, 5.41) is 4.27. The largest absolute Gasteiger partial charge is 0.340 e. The molecule has 1 aliphatic rings. The van der Waals surface area contributed by atoms with Crippen LogP contribution in [-0.2, 0) is 16.9 Å². The summed E-state index contributed by atoms with van der Waals surface area (Å²) in [4.78, 5) is 19.1. The molecular formula is C22H22Cl2FN5O. The number of aromatic nitrogens is 2. The summed E-state index contributed by atoms with van der Waals surface area (Å²) < 4.78 is 15.6. The molecule has 2 heterocycles. The van der Waals surface area contributed by atoms with Gasteiger partial charge in [0.15, 0.2) is 0 Å². The molecular weight excluding hydrogens is 440 g/mol. The van der Waals surface area contributed by atoms with Crippen LogP contribution in [0, 0.1) is 5.82 Å². The van der Waals surface area contributed by atoms with Crippen LogP contribution in [0.3, 0.4) is 0 Å². The first-order valence-corrected chi connectivity index (χ1v) is 10.6. The maximum atomic E-state index is 13.5. The van der Waals surface area contributed by atoms with Gasteiger partial charge in [-0.15, -0.1) is 0 Å². The summed E-state index contributed by atoms with van der Waals surface area (Å²) in [6.07, 6.45) is 0. The zero-order chi connectivity index (χ0) is 22.3. The number of imidazole rings is 1. The molecule has 162 valence electrons. The smallest absolute Gasteiger partial charge is 0.237 e. The van der Waals surface area contributed by atoms with Crippen molar-refractivity contribution in [3.05, 3.63) is 64.2 Å². The second-order valence-corrected chi connectivity index (χ2v) is 8.67. The van der Waals surface area contributed by atoms with E-state index < -0.39 is 5.54 Å². The number of benzene rings is 2. The van der Waals surface area contributed by atoms with Crippen molar-refractivity contribution < 1.29 is 9.18 Å². The van der Waals surface area contributed by atoms with E-state index in [4.69, 9.17) is 33.9 Å². The van der Waals surface area contributed by atoms with E-state index in [1.165, 1.54) is 12.1 Å². The van der Waals surface area contributed by atoms with Gasteiger partial charge in [0.05, 0.1) is 22.1 Å². The average molecular weight is 462 g/mol. The van der Waals surface area contributed by atoms with Crippen LogP contribution in [0.4, 0.5) is 15.9 Å². The molecule has 2 aromatic carbocycles. The number of hydrogen-bond donors (Lipinski definition) is 2. The Kier molecular flexibility index (Phi) is 5.68. The minimum atomic E-state index is -0.680. The van der Waals surface area contributed by atoms with Crippen molar-refractivity contribution in [2.45, 2.75) is 25.9 Å². The third kappa shape index (κ3) is 3.89. The van der Waals surface area contributed by atoms with Gasteiger partial charge in [0.2, 0.25) is 5.91 Å². The molecule has 0 saturated carbocycles. The summed E-state index contributed by atoms with van der Waals surface area (Å²) in [7, 11) is 0. The lowest BCUT2D eigenvalue weighted by Crippen LogP contribution is -2.53. The van der Waals surface area contributed by atoms with Crippen LogP contribution in [-0.4, -0.2) is 33.4 Å². The number of halogens is 3. The number of carbonyl (C=O) groups is 1. The second kappa shape index (κ2) is 8.15. The lowest BCUT2D eigenvalue weighted by Gasteiger charge is -2.42. The van der Waals surface area contributed by atoms with Crippen molar-refractivity contribution in [2.75, 3.05) is 18.4 Å². The molecule has 0 atom stereocenters. The highest BCUT2D eigenvalue weighted by Gasteiger charge is 2.41. The molecule has 0 radical (unpaired) electrons. The molecule has 3 N–H and O–H groups in total. The molecule has 6 nitrogen and oxygen atoms in total. The van der Waals surface area contributed by atoms with Gasteiger partial charge in [-0.1, -0.05) is 23.2 Å². The van der Waals surface area contributed by atoms with Gasteiger partial charge >= 0.3 is 0 Å². The fraction of sp³-hybridized carbons (Fsp3) is 0.273. The quantitative estimate of drug-likeness (QED) is 0.586. The van der Waals surface area contributed by atoms with E-state index in [1.54, 1.807) is 29.2 Å². The van der Waals surface area contributed by atoms with Gasteiger partial charge in [-0.2, -0.15) is 0 Å². The molecule has 0 bridgehead atoms. The molecule has 31 heavy (non-hydrogen) atoms. The molecule has 1 amide bonds. The van der Waals surface area contributed by atoms with E-state index in [0.717, 1.165) is 17.1 Å². The third-order valence-corrected chi connectivity index (χ3v) is 6.25. The van der Waals surface area contributed by atoms with Crippen LogP contribution in [0.15, 0.2) is 42.5 Å². The summed E-state index contributed by atoms with van der Waals surface area (Å²) in [6.45, 7) is 4.84. The van der Waals surface area contributed by atoms with Crippen molar-refractivity contribution in [3.8, 4) is 11.3 Å². The van der Waals surface area contributed by atoms with Crippen molar-refractivity contribution in [3.63, 3.8) is 0 Å². The number of nitrogens with zero attached hydrogens (tertiary/aromatic N) is 3. The highest BCUT2D eigenvalue weighted by atomic mass is 35.5. The zero-order valence-electron chi connectivity index (χ0n) is 17.1. The third-order valence-electron chi connectivity index (χ3n) is 5.51. The number of nitrogens with one attached hydrogen (secondary N) is 1. The van der Waals surface area contributed by atoms with Crippen molar-refractivity contribution >= 4 is 40.6 Å². The second-order valence-electron chi connectivity index (χ2n) is 7.85. The number of carbonyl (C=O) groups excluding carboxylic acids is 1. The highest BCUT2D eigenvalue weighted by molar-refractivity contribution is 6.42. The van der Waals surface area contributed by atoms with E-state index >= 15 is 0 Å². The van der Waals surface area contributed by atoms with Crippen molar-refractivity contribution in [1.82, 2.24) is 14.5 Å². The van der Waals surface area contributed by atoms with E-state index in [-0.39, 0.29) is 18.3 Å². The van der Waals surface area contributed by atoms with Gasteiger partial charge in [-0.05, 0) is 56.3 Å². The first-order chi connectivity index (χ1) is 14.7. The highest BCUT2D eigenvalue weighted by Crippen LogP contribution is 2.40. The van der Waals surface area contributed by atoms with Gasteiger partial charge in [0, 0.05) is 24.3 Å². The van der Waals surface area contributed by atoms with Gasteiger partial charge in [0.1, 0.15) is 23.2 Å². The fourth-order valence-electron chi connectivity index (χ4n) is 3.93. The Labute approximate surface area is 189 Å². The van der Waals surface area contributed by atoms with Gasteiger partial charge in [-0.25, -0.2) is 9.37 Å². The van der Waals surface area contributed by atoms with Crippen LogP contribution in [0.2, 0.25) is 10.0 Å². The molecule has 4 rings (SSSR count). The molecule has 0 spiro atoms. The number of amides is 1. The monoisotopic (exact) mass is 461 g/mol. The van der Waals surface area contributed by atoms with E-state index in [2.05, 4.69) is 5.32 Å². The minimum absolute atomic E-state index is 0.0661. The molecule has 1 aromatic heterocycles. The van der Waals surface area contributed by atoms with Crippen molar-refractivity contribution in [2.24, 2.45) is 5.73 Å². The first kappa shape index (κ1) is 21.6. The first-order valence-electron chi connectivity index (χ1n) is 9.82. The van der Waals surface area contributed by atoms with E-state index in [0.29, 0.717) is 34.7 Å². The summed E-state index contributed by atoms with van der Waals surface area (Å²) in [5.74, 6) is 0.976. The molecule has 0 fully saturated rings. The van der Waals surface area contributed by atoms with Crippen LogP contribution in [0.5, 0.6) is 0 Å². The Morgan fingerprint density at radius 1 is 1.16 bits per heavy atom. The van der Waals surface area contributed by atoms with E-state index in [1.807, 2.05) is 24.5 Å². The van der Waals surface area contributed by atoms with Crippen LogP contribution >= 0.6 is 23.2 Å². The maximum absolute atomic E-state index is 13.5. The average Bonchev–Trinajstić information content (AvgIpc) is 3.10. The summed E-state index contributed by atoms with van der Waals surface area (Å²) in [6, 6.07) is 11.4. The fourth-order valence-corrected chi connectivity index (χ4v) is 4.23. The zero-order valence-corrected chi connectivity index (χ0v) is 18.6. The molecule has 9 heteroatoms. The predicted molar refractivity (Wildman–Crippen MR) is 121 cm³/mol. The molecule has 1 aliphatic heterocycles. The van der Waals surface area contributed by atoms with Crippen molar-refractivity contribution in [1.29, 1.82) is 0 Å². The van der Waals surface area contributed by atoms with E-state index in [9.17, 15) is 9.18 Å². The standard InChI is InChI=1S/C22H22Cl2FN5O/c1-22(2)21-28-19(13-3-5-14(25)6-4-13)20(27-15-7-8-16(23)17(24)11-15)29(21)9-10-30(22)18(31)12-26/h3-8,11,27H,9-10,12,26H2,1-2H3. The number of hydrogen-bond acceptors (Lipinski definition) is 4. The van der Waals surface area contributed by atoms with Crippen LogP contribution in [0.25, 0.3) is 11.3 Å². The normalized spacial score (nSPS) is 15.0. The minimum Gasteiger partial charge on any atom is -0.340 e. The SMILES string of the molecule is CC1(C)c2nc(-c3ccc(F)cc3)c(Nc3ccc(Cl)c(Cl)c3)n2CCN1C(=O)CN. The summed E-state index contributed by atoms with van der Waals surface area (Å²) in [5.41, 5.74) is 7.08. The van der Waals surface area contributed by atoms with Crippen LogP contribution < -0.4 is 11.1 Å². The topological polar surface area (TPSA) is 76.2 Å². The van der Waals surface area contributed by atoms with Gasteiger partial charge in [-0.3, -0.25) is 4.79 Å². The number of anilines is 2. The van der Waals surface area contributed by atoms with Crippen LogP contribution in [0.1, 0.15) is 19.7 Å². The maximum Gasteiger partial charge on any atom is 0.237 e. The number of rotatable bonds is 4. The lowest BCUT2D eigenvalue weighted by molar-refractivity contribution is -0.137.